The first-order valence-corrected chi connectivity index (χ1v) is 11.8. The summed E-state index contributed by atoms with van der Waals surface area (Å²) < 4.78 is 0. The van der Waals surface area contributed by atoms with Gasteiger partial charge in [0.05, 0.1) is 6.04 Å². The van der Waals surface area contributed by atoms with Crippen LogP contribution in [0.15, 0.2) is 48.5 Å². The standard InChI is InChI=1S/C27H34ClNO2/c1-17(2)19-5-11-23(12-6-19)27(31)29-25(18(3)4)26(30)22-9-7-20(8-10-22)21-13-15-24(28)16-14-21/h5-6,11-18,20,22,25H,7-10H2,1-4H3,(H,29,31). The molecule has 3 rings (SSSR count). The lowest BCUT2D eigenvalue weighted by Gasteiger charge is -2.31. The number of benzene rings is 2. The lowest BCUT2D eigenvalue weighted by molar-refractivity contribution is -0.126. The molecule has 2 aromatic carbocycles. The smallest absolute Gasteiger partial charge is 0.251 e. The predicted molar refractivity (Wildman–Crippen MR) is 128 cm³/mol. The van der Waals surface area contributed by atoms with E-state index in [1.165, 1.54) is 11.1 Å². The Morgan fingerprint density at radius 3 is 1.97 bits per heavy atom. The van der Waals surface area contributed by atoms with Gasteiger partial charge in [-0.3, -0.25) is 9.59 Å². The van der Waals surface area contributed by atoms with Gasteiger partial charge in [-0.1, -0.05) is 63.6 Å². The topological polar surface area (TPSA) is 46.2 Å². The van der Waals surface area contributed by atoms with Gasteiger partial charge in [-0.05, 0) is 78.8 Å². The average Bonchev–Trinajstić information content (AvgIpc) is 2.77. The number of carbonyl (C=O) groups is 2. The van der Waals surface area contributed by atoms with Gasteiger partial charge in [0.15, 0.2) is 5.78 Å². The first kappa shape index (κ1) is 23.5. The van der Waals surface area contributed by atoms with Gasteiger partial charge in [0.1, 0.15) is 0 Å². The van der Waals surface area contributed by atoms with Gasteiger partial charge < -0.3 is 5.32 Å². The van der Waals surface area contributed by atoms with E-state index in [1.54, 1.807) is 0 Å². The highest BCUT2D eigenvalue weighted by Gasteiger charge is 2.33. The van der Waals surface area contributed by atoms with Gasteiger partial charge >= 0.3 is 0 Å². The molecule has 166 valence electrons. The second-order valence-corrected chi connectivity index (χ2v) is 9.91. The van der Waals surface area contributed by atoms with Crippen LogP contribution < -0.4 is 5.32 Å². The SMILES string of the molecule is CC(C)c1ccc(C(=O)NC(C(=O)C2CCC(c3ccc(Cl)cc3)CC2)C(C)C)cc1. The monoisotopic (exact) mass is 439 g/mol. The average molecular weight is 440 g/mol. The Bertz CT molecular complexity index is 878. The molecular formula is C27H34ClNO2. The van der Waals surface area contributed by atoms with Gasteiger partial charge in [0.25, 0.3) is 5.91 Å². The normalized spacial score (nSPS) is 20.0. The number of ketones is 1. The lowest BCUT2D eigenvalue weighted by Crippen LogP contribution is -2.47. The van der Waals surface area contributed by atoms with Crippen molar-refractivity contribution in [3.63, 3.8) is 0 Å². The molecule has 4 heteroatoms. The maximum atomic E-state index is 13.3. The fraction of sp³-hybridized carbons (Fsp3) is 0.481. The van der Waals surface area contributed by atoms with Gasteiger partial charge in [0.2, 0.25) is 0 Å². The molecule has 0 aliphatic heterocycles. The van der Waals surface area contributed by atoms with Crippen LogP contribution in [0.3, 0.4) is 0 Å². The summed E-state index contributed by atoms with van der Waals surface area (Å²) in [6, 6.07) is 15.3. The van der Waals surface area contributed by atoms with Gasteiger partial charge in [0, 0.05) is 16.5 Å². The Hall–Kier alpha value is -2.13. The van der Waals surface area contributed by atoms with E-state index in [4.69, 9.17) is 11.6 Å². The molecule has 1 fully saturated rings. The molecule has 3 nitrogen and oxygen atoms in total. The Balaban J connectivity index is 1.61. The van der Waals surface area contributed by atoms with Crippen LogP contribution in [0.25, 0.3) is 0 Å². The van der Waals surface area contributed by atoms with Gasteiger partial charge in [-0.15, -0.1) is 0 Å². The molecule has 0 heterocycles. The maximum absolute atomic E-state index is 13.3. The molecule has 1 aliphatic rings. The van der Waals surface area contributed by atoms with Crippen molar-refractivity contribution >= 4 is 23.3 Å². The summed E-state index contributed by atoms with van der Waals surface area (Å²) in [6.07, 6.45) is 3.73. The van der Waals surface area contributed by atoms with E-state index < -0.39 is 6.04 Å². The van der Waals surface area contributed by atoms with Crippen LogP contribution in [0.2, 0.25) is 5.02 Å². The molecule has 0 bridgehead atoms. The van der Waals surface area contributed by atoms with Crippen LogP contribution in [0.4, 0.5) is 0 Å². The summed E-state index contributed by atoms with van der Waals surface area (Å²) in [6.45, 7) is 8.27. The Labute approximate surface area is 191 Å². The summed E-state index contributed by atoms with van der Waals surface area (Å²) in [7, 11) is 0. The van der Waals surface area contributed by atoms with Crippen molar-refractivity contribution in [1.29, 1.82) is 0 Å². The third kappa shape index (κ3) is 5.98. The fourth-order valence-corrected chi connectivity index (χ4v) is 4.64. The molecule has 1 unspecified atom stereocenters. The summed E-state index contributed by atoms with van der Waals surface area (Å²) in [5.41, 5.74) is 3.11. The minimum absolute atomic E-state index is 0.0135. The van der Waals surface area contributed by atoms with Crippen molar-refractivity contribution in [2.75, 3.05) is 0 Å². The molecule has 0 aromatic heterocycles. The maximum Gasteiger partial charge on any atom is 0.251 e. The molecule has 0 radical (unpaired) electrons. The zero-order valence-electron chi connectivity index (χ0n) is 19.0. The molecule has 1 aliphatic carbocycles. The number of hydrogen-bond acceptors (Lipinski definition) is 2. The van der Waals surface area contributed by atoms with E-state index in [0.717, 1.165) is 30.7 Å². The van der Waals surface area contributed by atoms with Crippen LogP contribution in [-0.4, -0.2) is 17.7 Å². The van der Waals surface area contributed by atoms with Crippen LogP contribution in [-0.2, 0) is 4.79 Å². The molecule has 1 amide bonds. The summed E-state index contributed by atoms with van der Waals surface area (Å²) in [5.74, 6) is 0.979. The van der Waals surface area contributed by atoms with Crippen LogP contribution in [0.1, 0.15) is 86.7 Å². The van der Waals surface area contributed by atoms with E-state index in [9.17, 15) is 9.59 Å². The molecule has 0 saturated heterocycles. The van der Waals surface area contributed by atoms with Crippen molar-refractivity contribution < 1.29 is 9.59 Å². The van der Waals surface area contributed by atoms with Crippen molar-refractivity contribution in [2.45, 2.75) is 71.3 Å². The Morgan fingerprint density at radius 1 is 0.871 bits per heavy atom. The Kier molecular flexibility index (Phi) is 7.94. The highest BCUT2D eigenvalue weighted by molar-refractivity contribution is 6.30. The van der Waals surface area contributed by atoms with Crippen LogP contribution in [0, 0.1) is 11.8 Å². The van der Waals surface area contributed by atoms with Crippen molar-refractivity contribution in [1.82, 2.24) is 5.32 Å². The van der Waals surface area contributed by atoms with Crippen molar-refractivity contribution in [3.05, 3.63) is 70.2 Å². The second-order valence-electron chi connectivity index (χ2n) is 9.47. The van der Waals surface area contributed by atoms with E-state index in [1.807, 2.05) is 50.2 Å². The number of amides is 1. The summed E-state index contributed by atoms with van der Waals surface area (Å²) >= 11 is 6.01. The molecular weight excluding hydrogens is 406 g/mol. The van der Waals surface area contributed by atoms with Crippen LogP contribution >= 0.6 is 11.6 Å². The highest BCUT2D eigenvalue weighted by Crippen LogP contribution is 2.37. The van der Waals surface area contributed by atoms with Gasteiger partial charge in [-0.25, -0.2) is 0 Å². The number of halogens is 1. The summed E-state index contributed by atoms with van der Waals surface area (Å²) in [5, 5.41) is 3.78. The van der Waals surface area contributed by atoms with E-state index >= 15 is 0 Å². The summed E-state index contributed by atoms with van der Waals surface area (Å²) in [4.78, 5) is 26.1. The number of Topliss-reactive ketones (excluding diaryl/α,β-unsaturated/α-hetero) is 1. The zero-order valence-corrected chi connectivity index (χ0v) is 19.8. The number of rotatable bonds is 7. The van der Waals surface area contributed by atoms with E-state index in [-0.39, 0.29) is 23.5 Å². The largest absolute Gasteiger partial charge is 0.342 e. The van der Waals surface area contributed by atoms with Crippen LogP contribution in [0.5, 0.6) is 0 Å². The molecule has 2 aromatic rings. The Morgan fingerprint density at radius 2 is 1.45 bits per heavy atom. The van der Waals surface area contributed by atoms with Crippen molar-refractivity contribution in [3.8, 4) is 0 Å². The minimum Gasteiger partial charge on any atom is -0.342 e. The minimum atomic E-state index is -0.450. The molecule has 31 heavy (non-hydrogen) atoms. The third-order valence-electron chi connectivity index (χ3n) is 6.57. The molecule has 1 N–H and O–H groups in total. The highest BCUT2D eigenvalue weighted by atomic mass is 35.5. The first-order chi connectivity index (χ1) is 14.8. The van der Waals surface area contributed by atoms with Crippen molar-refractivity contribution in [2.24, 2.45) is 11.8 Å². The fourth-order valence-electron chi connectivity index (χ4n) is 4.51. The van der Waals surface area contributed by atoms with E-state index in [2.05, 4.69) is 31.3 Å². The van der Waals surface area contributed by atoms with E-state index in [0.29, 0.717) is 17.4 Å². The first-order valence-electron chi connectivity index (χ1n) is 11.5. The number of carbonyl (C=O) groups excluding carboxylic acids is 2. The second kappa shape index (κ2) is 10.5. The lowest BCUT2D eigenvalue weighted by atomic mass is 9.75. The number of hydrogen-bond donors (Lipinski definition) is 1. The van der Waals surface area contributed by atoms with Gasteiger partial charge in [-0.2, -0.15) is 0 Å². The third-order valence-corrected chi connectivity index (χ3v) is 6.82. The predicted octanol–water partition coefficient (Wildman–Crippen LogP) is 6.76. The number of nitrogens with one attached hydrogen (secondary N) is 1. The molecule has 1 atom stereocenters. The quantitative estimate of drug-likeness (QED) is 0.517. The molecule has 1 saturated carbocycles. The molecule has 0 spiro atoms. The zero-order chi connectivity index (χ0) is 22.5.